The van der Waals surface area contributed by atoms with Gasteiger partial charge in [0.25, 0.3) is 15.9 Å². The first-order chi connectivity index (χ1) is 15.5. The Morgan fingerprint density at radius 3 is 2.44 bits per heavy atom. The monoisotopic (exact) mass is 444 g/mol. The second-order valence-corrected chi connectivity index (χ2v) is 10.1. The number of benzene rings is 3. The molecular weight excluding hydrogens is 420 g/mol. The summed E-state index contributed by atoms with van der Waals surface area (Å²) in [5.74, 6) is -0.563. The summed E-state index contributed by atoms with van der Waals surface area (Å²) in [6, 6.07) is 24.4. The molecule has 0 saturated heterocycles. The Labute approximate surface area is 188 Å². The predicted octanol–water partition coefficient (Wildman–Crippen LogP) is 4.42. The van der Waals surface area contributed by atoms with E-state index in [-0.39, 0.29) is 10.9 Å². The molecule has 1 N–H and O–H groups in total. The third-order valence-corrected chi connectivity index (χ3v) is 8.12. The molecule has 0 unspecified atom stereocenters. The molecule has 0 fully saturated rings. The Balaban J connectivity index is 1.67. The number of carbonyl (C=O) groups is 1. The zero-order valence-electron chi connectivity index (χ0n) is 17.8. The molecule has 32 heavy (non-hydrogen) atoms. The summed E-state index contributed by atoms with van der Waals surface area (Å²) in [6.45, 7) is 0. The van der Waals surface area contributed by atoms with E-state index in [1.165, 1.54) is 16.9 Å². The van der Waals surface area contributed by atoms with Gasteiger partial charge in [0.15, 0.2) is 4.91 Å². The second kappa shape index (κ2) is 7.95. The Bertz CT molecular complexity index is 1330. The van der Waals surface area contributed by atoms with Crippen molar-refractivity contribution in [1.29, 1.82) is 0 Å². The standard InChI is InChI=1S/C26H24N2O3S/c1-28-23-17-8-7-15-21(23)24(19-11-3-2-4-12-19)25(32(28,30)31)26(29)27-22-16-9-13-18-10-5-6-14-20(18)22/h2-8,10-12,14-15,17,22H,9,13,16H2,1H3,(H,27,29)/t22-/m1/s1. The van der Waals surface area contributed by atoms with Crippen LogP contribution < -0.4 is 9.62 Å². The summed E-state index contributed by atoms with van der Waals surface area (Å²) in [5, 5.41) is 3.05. The summed E-state index contributed by atoms with van der Waals surface area (Å²) in [6.07, 6.45) is 2.69. The molecule has 2 aliphatic rings. The van der Waals surface area contributed by atoms with Gasteiger partial charge in [0.05, 0.1) is 11.7 Å². The Morgan fingerprint density at radius 2 is 1.62 bits per heavy atom. The summed E-state index contributed by atoms with van der Waals surface area (Å²) >= 11 is 0. The van der Waals surface area contributed by atoms with Crippen LogP contribution in [0.3, 0.4) is 0 Å². The minimum atomic E-state index is -4.04. The number of sulfonamides is 1. The van der Waals surface area contributed by atoms with Crippen LogP contribution in [0.15, 0.2) is 83.8 Å². The lowest BCUT2D eigenvalue weighted by molar-refractivity contribution is -0.117. The molecule has 0 bridgehead atoms. The van der Waals surface area contributed by atoms with Gasteiger partial charge in [0.2, 0.25) is 0 Å². The van der Waals surface area contributed by atoms with Crippen LogP contribution in [0.5, 0.6) is 0 Å². The van der Waals surface area contributed by atoms with Gasteiger partial charge in [-0.1, -0.05) is 72.8 Å². The summed E-state index contributed by atoms with van der Waals surface area (Å²) in [7, 11) is -2.54. The zero-order valence-corrected chi connectivity index (χ0v) is 18.6. The molecule has 6 heteroatoms. The number of anilines is 1. The number of carbonyl (C=O) groups excluding carboxylic acids is 1. The lowest BCUT2D eigenvalue weighted by Crippen LogP contribution is -2.41. The number of nitrogens with one attached hydrogen (secondary N) is 1. The van der Waals surface area contributed by atoms with E-state index in [1.54, 1.807) is 12.1 Å². The van der Waals surface area contributed by atoms with Crippen LogP contribution >= 0.6 is 0 Å². The molecule has 0 aromatic heterocycles. The van der Waals surface area contributed by atoms with E-state index in [0.717, 1.165) is 30.4 Å². The van der Waals surface area contributed by atoms with Gasteiger partial charge in [0.1, 0.15) is 0 Å². The van der Waals surface area contributed by atoms with Gasteiger partial charge in [-0.25, -0.2) is 8.42 Å². The van der Waals surface area contributed by atoms with Crippen molar-refractivity contribution in [3.63, 3.8) is 0 Å². The molecule has 3 aromatic carbocycles. The van der Waals surface area contributed by atoms with Crippen LogP contribution in [0.4, 0.5) is 5.69 Å². The van der Waals surface area contributed by atoms with Crippen molar-refractivity contribution in [3.05, 3.63) is 106 Å². The van der Waals surface area contributed by atoms with E-state index in [2.05, 4.69) is 11.4 Å². The van der Waals surface area contributed by atoms with Gasteiger partial charge < -0.3 is 5.32 Å². The van der Waals surface area contributed by atoms with Gasteiger partial charge in [0, 0.05) is 18.2 Å². The van der Waals surface area contributed by atoms with E-state index >= 15 is 0 Å². The first-order valence-electron chi connectivity index (χ1n) is 10.7. The van der Waals surface area contributed by atoms with Crippen molar-refractivity contribution in [1.82, 2.24) is 5.32 Å². The molecule has 1 aliphatic heterocycles. The van der Waals surface area contributed by atoms with Crippen molar-refractivity contribution in [2.45, 2.75) is 25.3 Å². The second-order valence-electron chi connectivity index (χ2n) is 8.18. The molecule has 0 saturated carbocycles. The minimum Gasteiger partial charge on any atom is -0.345 e. The molecule has 5 rings (SSSR count). The SMILES string of the molecule is CN1c2ccccc2C(c2ccccc2)=C(C(=O)N[C@@H]2CCCc3ccccc32)S1(=O)=O. The van der Waals surface area contributed by atoms with E-state index < -0.39 is 15.9 Å². The number of aryl methyl sites for hydroxylation is 1. The van der Waals surface area contributed by atoms with Crippen molar-refractivity contribution < 1.29 is 13.2 Å². The molecular formula is C26H24N2O3S. The maximum Gasteiger partial charge on any atom is 0.270 e. The zero-order chi connectivity index (χ0) is 22.3. The lowest BCUT2D eigenvalue weighted by Gasteiger charge is -2.32. The lowest BCUT2D eigenvalue weighted by atomic mass is 9.87. The van der Waals surface area contributed by atoms with Gasteiger partial charge in [-0.2, -0.15) is 0 Å². The molecule has 0 spiro atoms. The molecule has 0 radical (unpaired) electrons. The molecule has 1 amide bonds. The van der Waals surface area contributed by atoms with Gasteiger partial charge in [-0.3, -0.25) is 9.10 Å². The summed E-state index contributed by atoms with van der Waals surface area (Å²) in [4.78, 5) is 13.5. The minimum absolute atomic E-state index is 0.201. The van der Waals surface area contributed by atoms with Crippen molar-refractivity contribution in [3.8, 4) is 0 Å². The van der Waals surface area contributed by atoms with E-state index in [4.69, 9.17) is 0 Å². The van der Waals surface area contributed by atoms with Gasteiger partial charge in [-0.15, -0.1) is 0 Å². The molecule has 162 valence electrons. The Hall–Kier alpha value is -3.38. The van der Waals surface area contributed by atoms with Crippen LogP contribution in [-0.2, 0) is 21.2 Å². The average Bonchev–Trinajstić information content (AvgIpc) is 2.82. The third-order valence-electron chi connectivity index (χ3n) is 6.30. The largest absolute Gasteiger partial charge is 0.345 e. The highest BCUT2D eigenvalue weighted by molar-refractivity contribution is 7.97. The highest BCUT2D eigenvalue weighted by atomic mass is 32.2. The molecule has 1 atom stereocenters. The molecule has 1 heterocycles. The maximum absolute atomic E-state index is 13.7. The van der Waals surface area contributed by atoms with Crippen molar-refractivity contribution in [2.75, 3.05) is 11.4 Å². The Kier molecular flexibility index (Phi) is 5.10. The quantitative estimate of drug-likeness (QED) is 0.650. The van der Waals surface area contributed by atoms with Crippen LogP contribution in [0, 0.1) is 0 Å². The van der Waals surface area contributed by atoms with Crippen LogP contribution in [0.1, 0.15) is 41.1 Å². The Morgan fingerprint density at radius 1 is 0.938 bits per heavy atom. The first kappa shape index (κ1) is 20.5. The van der Waals surface area contributed by atoms with E-state index in [0.29, 0.717) is 16.8 Å². The van der Waals surface area contributed by atoms with Crippen molar-refractivity contribution in [2.24, 2.45) is 0 Å². The fourth-order valence-electron chi connectivity index (χ4n) is 4.73. The van der Waals surface area contributed by atoms with E-state index in [1.807, 2.05) is 60.7 Å². The fourth-order valence-corrected chi connectivity index (χ4v) is 6.20. The van der Waals surface area contributed by atoms with E-state index in [9.17, 15) is 13.2 Å². The highest BCUT2D eigenvalue weighted by Crippen LogP contribution is 2.42. The topological polar surface area (TPSA) is 66.5 Å². The number of amides is 1. The number of hydrogen-bond acceptors (Lipinski definition) is 3. The van der Waals surface area contributed by atoms with Crippen LogP contribution in [-0.4, -0.2) is 21.4 Å². The first-order valence-corrected chi connectivity index (χ1v) is 12.2. The molecule has 5 nitrogen and oxygen atoms in total. The smallest absolute Gasteiger partial charge is 0.270 e. The summed E-state index contributed by atoms with van der Waals surface area (Å²) in [5.41, 5.74) is 4.70. The van der Waals surface area contributed by atoms with Crippen molar-refractivity contribution >= 4 is 27.2 Å². The normalized spacial score (nSPS) is 19.2. The summed E-state index contributed by atoms with van der Waals surface area (Å²) < 4.78 is 28.4. The maximum atomic E-state index is 13.7. The van der Waals surface area contributed by atoms with Gasteiger partial charge in [-0.05, 0) is 42.0 Å². The number of rotatable bonds is 3. The fraction of sp³-hybridized carbons (Fsp3) is 0.192. The number of fused-ring (bicyclic) bond motifs is 2. The van der Waals surface area contributed by atoms with Crippen LogP contribution in [0.2, 0.25) is 0 Å². The number of para-hydroxylation sites is 1. The highest BCUT2D eigenvalue weighted by Gasteiger charge is 2.40. The third kappa shape index (κ3) is 3.31. The van der Waals surface area contributed by atoms with Crippen LogP contribution in [0.25, 0.3) is 5.57 Å². The van der Waals surface area contributed by atoms with Gasteiger partial charge >= 0.3 is 0 Å². The molecule has 3 aromatic rings. The molecule has 1 aliphatic carbocycles. The predicted molar refractivity (Wildman–Crippen MR) is 126 cm³/mol. The number of nitrogens with zero attached hydrogens (tertiary/aromatic N) is 1. The average molecular weight is 445 g/mol. The number of hydrogen-bond donors (Lipinski definition) is 1.